The van der Waals surface area contributed by atoms with Crippen LogP contribution < -0.4 is 0 Å². The zero-order valence-electron chi connectivity index (χ0n) is 8.48. The van der Waals surface area contributed by atoms with E-state index in [1.54, 1.807) is 6.07 Å². The summed E-state index contributed by atoms with van der Waals surface area (Å²) in [5, 5.41) is 8.78. The highest BCUT2D eigenvalue weighted by Gasteiger charge is 2.08. The zero-order valence-corrected chi connectivity index (χ0v) is 9.29. The topological polar surface area (TPSA) is 66.0 Å². The van der Waals surface area contributed by atoms with Crippen molar-refractivity contribution in [2.75, 3.05) is 0 Å². The number of carbonyl (C=O) groups is 1. The van der Waals surface area contributed by atoms with Crippen LogP contribution in [0.5, 0.6) is 0 Å². The normalized spacial score (nSPS) is 10.2. The summed E-state index contributed by atoms with van der Waals surface area (Å²) in [7, 11) is 0. The van der Waals surface area contributed by atoms with Crippen molar-refractivity contribution >= 4 is 18.2 Å². The predicted octanol–water partition coefficient (Wildman–Crippen LogP) is 2.64. The summed E-state index contributed by atoms with van der Waals surface area (Å²) < 4.78 is 13.1. The first-order valence-corrected chi connectivity index (χ1v) is 5.07. The highest BCUT2D eigenvalue weighted by atomic mass is 32.1. The van der Waals surface area contributed by atoms with Crippen LogP contribution in [0, 0.1) is 10.5 Å². The third-order valence-corrected chi connectivity index (χ3v) is 2.45. The Labute approximate surface area is 101 Å². The van der Waals surface area contributed by atoms with Gasteiger partial charge in [0.15, 0.2) is 0 Å². The number of nitrogens with one attached hydrogen (secondary N) is 1. The van der Waals surface area contributed by atoms with E-state index in [0.29, 0.717) is 11.4 Å². The summed E-state index contributed by atoms with van der Waals surface area (Å²) in [6.07, 6.45) is 1.15. The van der Waals surface area contributed by atoms with Crippen molar-refractivity contribution in [3.63, 3.8) is 0 Å². The van der Waals surface area contributed by atoms with Crippen molar-refractivity contribution in [2.24, 2.45) is 0 Å². The fraction of sp³-hybridized carbons (Fsp3) is 0. The highest BCUT2D eigenvalue weighted by Crippen LogP contribution is 2.16. The molecule has 0 spiro atoms. The van der Waals surface area contributed by atoms with Crippen LogP contribution >= 0.6 is 12.2 Å². The number of halogens is 1. The van der Waals surface area contributed by atoms with Crippen molar-refractivity contribution < 1.29 is 14.3 Å². The summed E-state index contributed by atoms with van der Waals surface area (Å²) in [4.78, 5) is 17.3. The number of rotatable bonds is 2. The number of aromatic amines is 1. The molecule has 0 radical (unpaired) electrons. The smallest absolute Gasteiger partial charge is 0.340 e. The lowest BCUT2D eigenvalue weighted by molar-refractivity contribution is 0.0695. The molecule has 0 atom stereocenters. The summed E-state index contributed by atoms with van der Waals surface area (Å²) in [5.74, 6) is -1.21. The van der Waals surface area contributed by atoms with Crippen LogP contribution in [0.25, 0.3) is 11.4 Å². The zero-order chi connectivity index (χ0) is 12.4. The molecule has 17 heavy (non-hydrogen) atoms. The van der Waals surface area contributed by atoms with Crippen molar-refractivity contribution in [1.29, 1.82) is 0 Å². The van der Waals surface area contributed by atoms with Crippen molar-refractivity contribution in [3.8, 4) is 11.4 Å². The molecule has 0 fully saturated rings. The summed E-state index contributed by atoms with van der Waals surface area (Å²) in [5.41, 5.74) is 0.424. The number of carboxylic acid groups (broad SMARTS) is 1. The fourth-order valence-electron chi connectivity index (χ4n) is 1.33. The quantitative estimate of drug-likeness (QED) is 0.804. The Balaban J connectivity index is 2.52. The van der Waals surface area contributed by atoms with Crippen LogP contribution in [0.2, 0.25) is 0 Å². The summed E-state index contributed by atoms with van der Waals surface area (Å²) >= 11 is 4.88. The van der Waals surface area contributed by atoms with Gasteiger partial charge < -0.3 is 10.1 Å². The Morgan fingerprint density at radius 1 is 1.47 bits per heavy atom. The molecule has 2 N–H and O–H groups in total. The molecule has 0 saturated carbocycles. The van der Waals surface area contributed by atoms with E-state index < -0.39 is 11.8 Å². The van der Waals surface area contributed by atoms with Gasteiger partial charge in [0.1, 0.15) is 21.8 Å². The Bertz CT molecular complexity index is 639. The Morgan fingerprint density at radius 2 is 2.24 bits per heavy atom. The van der Waals surface area contributed by atoms with E-state index >= 15 is 0 Å². The van der Waals surface area contributed by atoms with Gasteiger partial charge in [-0.15, -0.1) is 0 Å². The molecule has 6 heteroatoms. The summed E-state index contributed by atoms with van der Waals surface area (Å²) in [6, 6.07) is 5.78. The van der Waals surface area contributed by atoms with Crippen LogP contribution in [-0.4, -0.2) is 21.0 Å². The van der Waals surface area contributed by atoms with Gasteiger partial charge in [0.25, 0.3) is 0 Å². The Kier molecular flexibility index (Phi) is 2.97. The minimum atomic E-state index is -1.15. The molecule has 0 aliphatic carbocycles. The maximum absolute atomic E-state index is 13.0. The van der Waals surface area contributed by atoms with E-state index in [4.69, 9.17) is 17.3 Å². The largest absolute Gasteiger partial charge is 0.478 e. The second-order valence-electron chi connectivity index (χ2n) is 3.29. The second kappa shape index (κ2) is 4.42. The number of H-pyrrole nitrogens is 1. The van der Waals surface area contributed by atoms with Gasteiger partial charge in [0.05, 0.1) is 0 Å². The van der Waals surface area contributed by atoms with Gasteiger partial charge in [-0.25, -0.2) is 14.2 Å². The number of benzene rings is 1. The van der Waals surface area contributed by atoms with E-state index in [0.717, 1.165) is 6.20 Å². The first kappa shape index (κ1) is 11.4. The molecular formula is C11H7FN2O2S. The standard InChI is InChI=1S/C11H7FN2O2S/c12-7-3-1-2-6(4-7)9-13-5-8(11(15)16)10(17)14-9/h1-5H,(H,15,16)(H,13,14,17). The van der Waals surface area contributed by atoms with E-state index in [2.05, 4.69) is 9.97 Å². The molecule has 2 aromatic rings. The van der Waals surface area contributed by atoms with Crippen LogP contribution in [-0.2, 0) is 0 Å². The van der Waals surface area contributed by atoms with Crippen LogP contribution in [0.15, 0.2) is 30.5 Å². The molecule has 0 amide bonds. The third-order valence-electron chi connectivity index (χ3n) is 2.13. The molecule has 1 aromatic carbocycles. The lowest BCUT2D eigenvalue weighted by atomic mass is 10.2. The van der Waals surface area contributed by atoms with Crippen LogP contribution in [0.3, 0.4) is 0 Å². The number of hydrogen-bond donors (Lipinski definition) is 2. The van der Waals surface area contributed by atoms with Crippen LogP contribution in [0.1, 0.15) is 10.4 Å². The first-order chi connectivity index (χ1) is 8.08. The van der Waals surface area contributed by atoms with Crippen molar-refractivity contribution in [3.05, 3.63) is 46.5 Å². The molecule has 0 aliphatic heterocycles. The SMILES string of the molecule is O=C(O)c1cnc(-c2cccc(F)c2)[nH]c1=S. The van der Waals surface area contributed by atoms with Crippen molar-refractivity contribution in [1.82, 2.24) is 9.97 Å². The molecule has 0 unspecified atom stereocenters. The van der Waals surface area contributed by atoms with E-state index in [1.807, 2.05) is 0 Å². The lowest BCUT2D eigenvalue weighted by Crippen LogP contribution is -2.01. The number of carboxylic acids is 1. The molecular weight excluding hydrogens is 243 g/mol. The van der Waals surface area contributed by atoms with Gasteiger partial charge in [-0.05, 0) is 12.1 Å². The van der Waals surface area contributed by atoms with Gasteiger partial charge in [-0.2, -0.15) is 0 Å². The first-order valence-electron chi connectivity index (χ1n) is 4.66. The molecule has 4 nitrogen and oxygen atoms in total. The van der Waals surface area contributed by atoms with Gasteiger partial charge >= 0.3 is 5.97 Å². The second-order valence-corrected chi connectivity index (χ2v) is 3.70. The molecule has 0 saturated heterocycles. The molecule has 1 aromatic heterocycles. The van der Waals surface area contributed by atoms with Crippen LogP contribution in [0.4, 0.5) is 4.39 Å². The molecule has 2 rings (SSSR count). The summed E-state index contributed by atoms with van der Waals surface area (Å²) in [6.45, 7) is 0. The number of aromatic nitrogens is 2. The third kappa shape index (κ3) is 2.36. The molecule has 1 heterocycles. The van der Waals surface area contributed by atoms with E-state index in [1.165, 1.54) is 18.2 Å². The molecule has 0 aliphatic rings. The number of aromatic carboxylic acids is 1. The average Bonchev–Trinajstić information content (AvgIpc) is 2.28. The Morgan fingerprint density at radius 3 is 2.82 bits per heavy atom. The average molecular weight is 250 g/mol. The van der Waals surface area contributed by atoms with Gasteiger partial charge in [0.2, 0.25) is 0 Å². The van der Waals surface area contributed by atoms with Gasteiger partial charge in [0, 0.05) is 11.8 Å². The van der Waals surface area contributed by atoms with Gasteiger partial charge in [-0.1, -0.05) is 24.4 Å². The fourth-order valence-corrected chi connectivity index (χ4v) is 1.57. The minimum absolute atomic E-state index is 0.0618. The number of hydrogen-bond acceptors (Lipinski definition) is 3. The van der Waals surface area contributed by atoms with Gasteiger partial charge in [-0.3, -0.25) is 0 Å². The monoisotopic (exact) mass is 250 g/mol. The maximum atomic E-state index is 13.0. The molecule has 0 bridgehead atoms. The molecule has 86 valence electrons. The van der Waals surface area contributed by atoms with Crippen molar-refractivity contribution in [2.45, 2.75) is 0 Å². The maximum Gasteiger partial charge on any atom is 0.340 e. The minimum Gasteiger partial charge on any atom is -0.478 e. The van der Waals surface area contributed by atoms with E-state index in [9.17, 15) is 9.18 Å². The van der Waals surface area contributed by atoms with E-state index in [-0.39, 0.29) is 10.2 Å². The lowest BCUT2D eigenvalue weighted by Gasteiger charge is -2.02. The Hall–Kier alpha value is -2.08. The number of nitrogens with zero attached hydrogens (tertiary/aromatic N) is 1. The highest BCUT2D eigenvalue weighted by molar-refractivity contribution is 7.71. The predicted molar refractivity (Wildman–Crippen MR) is 61.8 cm³/mol.